The molecular weight excluding hydrogens is 212 g/mol. The maximum Gasteiger partial charge on any atom is 0.138 e. The van der Waals surface area contributed by atoms with Gasteiger partial charge in [-0.1, -0.05) is 13.3 Å². The lowest BCUT2D eigenvalue weighted by Gasteiger charge is -2.35. The van der Waals surface area contributed by atoms with Crippen LogP contribution in [0.4, 0.5) is 0 Å². The quantitative estimate of drug-likeness (QED) is 0.866. The van der Waals surface area contributed by atoms with Gasteiger partial charge in [0.05, 0.1) is 0 Å². The molecular formula is C13H24N4. The molecule has 3 atom stereocenters. The van der Waals surface area contributed by atoms with Gasteiger partial charge in [-0.3, -0.25) is 4.68 Å². The van der Waals surface area contributed by atoms with Crippen LogP contribution in [0.1, 0.15) is 38.4 Å². The van der Waals surface area contributed by atoms with E-state index in [1.165, 1.54) is 25.7 Å². The Hall–Kier alpha value is -0.900. The van der Waals surface area contributed by atoms with Crippen LogP contribution in [0.25, 0.3) is 0 Å². The number of aryl methyl sites for hydroxylation is 1. The van der Waals surface area contributed by atoms with Gasteiger partial charge in [0, 0.05) is 19.5 Å². The Morgan fingerprint density at radius 3 is 2.88 bits per heavy atom. The molecule has 96 valence electrons. The van der Waals surface area contributed by atoms with E-state index in [0.29, 0.717) is 12.0 Å². The van der Waals surface area contributed by atoms with E-state index >= 15 is 0 Å². The second kappa shape index (κ2) is 5.63. The van der Waals surface area contributed by atoms with Crippen LogP contribution < -0.4 is 5.32 Å². The molecule has 1 N–H and O–H groups in total. The smallest absolute Gasteiger partial charge is 0.138 e. The average Bonchev–Trinajstić information content (AvgIpc) is 2.75. The summed E-state index contributed by atoms with van der Waals surface area (Å²) in [7, 11) is 4.07. The summed E-state index contributed by atoms with van der Waals surface area (Å²) in [6.45, 7) is 2.31. The molecule has 0 amide bonds. The average molecular weight is 236 g/mol. The van der Waals surface area contributed by atoms with Crippen LogP contribution in [-0.4, -0.2) is 27.9 Å². The normalized spacial score (nSPS) is 29.5. The summed E-state index contributed by atoms with van der Waals surface area (Å²) in [6.07, 6.45) is 8.03. The van der Waals surface area contributed by atoms with Crippen molar-refractivity contribution in [3.63, 3.8) is 0 Å². The Balaban J connectivity index is 2.03. The highest BCUT2D eigenvalue weighted by Gasteiger charge is 2.29. The third-order valence-electron chi connectivity index (χ3n) is 4.29. The molecule has 0 aromatic carbocycles. The highest BCUT2D eigenvalue weighted by Crippen LogP contribution is 2.32. The Morgan fingerprint density at radius 1 is 1.47 bits per heavy atom. The Kier molecular flexibility index (Phi) is 4.15. The Bertz CT molecular complexity index is 347. The van der Waals surface area contributed by atoms with Gasteiger partial charge in [-0.15, -0.1) is 0 Å². The second-order valence-electron chi connectivity index (χ2n) is 5.25. The molecule has 1 saturated carbocycles. The number of nitrogens with one attached hydrogen (secondary N) is 1. The molecule has 1 aliphatic carbocycles. The zero-order chi connectivity index (χ0) is 12.3. The molecule has 0 saturated heterocycles. The fourth-order valence-electron chi connectivity index (χ4n) is 3.08. The van der Waals surface area contributed by atoms with Gasteiger partial charge in [0.1, 0.15) is 12.2 Å². The van der Waals surface area contributed by atoms with Crippen LogP contribution in [0.2, 0.25) is 0 Å². The Labute approximate surface area is 104 Å². The lowest BCUT2D eigenvalue weighted by Crippen LogP contribution is -2.40. The predicted molar refractivity (Wildman–Crippen MR) is 68.7 cm³/mol. The number of rotatable bonds is 4. The third-order valence-corrected chi connectivity index (χ3v) is 4.29. The summed E-state index contributed by atoms with van der Waals surface area (Å²) in [5.41, 5.74) is 0. The largest absolute Gasteiger partial charge is 0.317 e. The number of hydrogen-bond donors (Lipinski definition) is 1. The lowest BCUT2D eigenvalue weighted by molar-refractivity contribution is 0.202. The van der Waals surface area contributed by atoms with Crippen LogP contribution in [0, 0.1) is 11.8 Å². The van der Waals surface area contributed by atoms with Crippen LogP contribution in [-0.2, 0) is 13.5 Å². The van der Waals surface area contributed by atoms with Crippen molar-refractivity contribution in [2.45, 2.75) is 45.1 Å². The van der Waals surface area contributed by atoms with Crippen molar-refractivity contribution in [2.24, 2.45) is 18.9 Å². The summed E-state index contributed by atoms with van der Waals surface area (Å²) in [4.78, 5) is 4.35. The highest BCUT2D eigenvalue weighted by atomic mass is 15.3. The lowest BCUT2D eigenvalue weighted by atomic mass is 9.75. The van der Waals surface area contributed by atoms with E-state index < -0.39 is 0 Å². The van der Waals surface area contributed by atoms with Crippen LogP contribution >= 0.6 is 0 Å². The van der Waals surface area contributed by atoms with Crippen molar-refractivity contribution in [2.75, 3.05) is 7.05 Å². The number of nitrogens with zero attached hydrogens (tertiary/aromatic N) is 3. The van der Waals surface area contributed by atoms with Crippen molar-refractivity contribution < 1.29 is 0 Å². The van der Waals surface area contributed by atoms with Gasteiger partial charge in [-0.05, 0) is 38.1 Å². The topological polar surface area (TPSA) is 42.7 Å². The minimum absolute atomic E-state index is 0.648. The van der Waals surface area contributed by atoms with E-state index in [9.17, 15) is 0 Å². The SMILES string of the molecule is CCC1CCC(NC)C(Cc2ncnn2C)C1. The van der Waals surface area contributed by atoms with E-state index in [0.717, 1.165) is 18.2 Å². The van der Waals surface area contributed by atoms with Crippen molar-refractivity contribution in [1.82, 2.24) is 20.1 Å². The number of aromatic nitrogens is 3. The molecule has 1 aliphatic rings. The van der Waals surface area contributed by atoms with E-state index in [1.807, 2.05) is 11.7 Å². The molecule has 1 aromatic heterocycles. The van der Waals surface area contributed by atoms with Gasteiger partial charge >= 0.3 is 0 Å². The minimum Gasteiger partial charge on any atom is -0.317 e. The van der Waals surface area contributed by atoms with Crippen molar-refractivity contribution >= 4 is 0 Å². The predicted octanol–water partition coefficient (Wildman–Crippen LogP) is 1.77. The first-order valence-electron chi connectivity index (χ1n) is 6.74. The van der Waals surface area contributed by atoms with Gasteiger partial charge in [-0.2, -0.15) is 5.10 Å². The molecule has 0 aliphatic heterocycles. The standard InChI is InChI=1S/C13H24N4/c1-4-10-5-6-12(14-2)11(7-10)8-13-15-9-16-17(13)3/h9-12,14H,4-8H2,1-3H3. The zero-order valence-electron chi connectivity index (χ0n) is 11.2. The number of hydrogen-bond acceptors (Lipinski definition) is 3. The first-order chi connectivity index (χ1) is 8.24. The molecule has 17 heavy (non-hydrogen) atoms. The molecule has 2 rings (SSSR count). The highest BCUT2D eigenvalue weighted by molar-refractivity contribution is 4.93. The van der Waals surface area contributed by atoms with E-state index in [4.69, 9.17) is 0 Å². The molecule has 0 bridgehead atoms. The Morgan fingerprint density at radius 2 is 2.29 bits per heavy atom. The molecule has 4 nitrogen and oxygen atoms in total. The molecule has 1 heterocycles. The summed E-state index contributed by atoms with van der Waals surface area (Å²) in [5.74, 6) is 2.73. The minimum atomic E-state index is 0.648. The van der Waals surface area contributed by atoms with Crippen molar-refractivity contribution in [1.29, 1.82) is 0 Å². The molecule has 4 heteroatoms. The molecule has 0 radical (unpaired) electrons. The van der Waals surface area contributed by atoms with Gasteiger partial charge in [0.15, 0.2) is 0 Å². The maximum atomic E-state index is 4.35. The second-order valence-corrected chi connectivity index (χ2v) is 5.25. The van der Waals surface area contributed by atoms with E-state index in [1.54, 1.807) is 6.33 Å². The fraction of sp³-hybridized carbons (Fsp3) is 0.846. The van der Waals surface area contributed by atoms with E-state index in [-0.39, 0.29) is 0 Å². The molecule has 1 fully saturated rings. The molecule has 3 unspecified atom stereocenters. The van der Waals surface area contributed by atoms with Crippen LogP contribution in [0.5, 0.6) is 0 Å². The van der Waals surface area contributed by atoms with Crippen LogP contribution in [0.3, 0.4) is 0 Å². The zero-order valence-corrected chi connectivity index (χ0v) is 11.2. The van der Waals surface area contributed by atoms with E-state index in [2.05, 4.69) is 29.4 Å². The van der Waals surface area contributed by atoms with Crippen molar-refractivity contribution in [3.05, 3.63) is 12.2 Å². The molecule has 0 spiro atoms. The van der Waals surface area contributed by atoms with Gasteiger partial charge in [0.25, 0.3) is 0 Å². The van der Waals surface area contributed by atoms with Gasteiger partial charge in [0.2, 0.25) is 0 Å². The summed E-state index contributed by atoms with van der Waals surface area (Å²) >= 11 is 0. The van der Waals surface area contributed by atoms with Gasteiger partial charge in [-0.25, -0.2) is 4.98 Å². The fourth-order valence-corrected chi connectivity index (χ4v) is 3.08. The first kappa shape index (κ1) is 12.6. The third kappa shape index (κ3) is 2.86. The van der Waals surface area contributed by atoms with Crippen LogP contribution in [0.15, 0.2) is 6.33 Å². The summed E-state index contributed by atoms with van der Waals surface area (Å²) in [6, 6.07) is 0.648. The first-order valence-corrected chi connectivity index (χ1v) is 6.74. The summed E-state index contributed by atoms with van der Waals surface area (Å²) in [5, 5.41) is 7.63. The maximum absolute atomic E-state index is 4.35. The van der Waals surface area contributed by atoms with Crippen molar-refractivity contribution in [3.8, 4) is 0 Å². The van der Waals surface area contributed by atoms with Gasteiger partial charge < -0.3 is 5.32 Å². The monoisotopic (exact) mass is 236 g/mol. The summed E-state index contributed by atoms with van der Waals surface area (Å²) < 4.78 is 1.91. The molecule has 1 aromatic rings.